The summed E-state index contributed by atoms with van der Waals surface area (Å²) < 4.78 is 1.53. The standard InChI is InChI=1S/C17H10ClI2N3O3S/c18-10-3-1-8(2-4-10)15-21-17(23-22-15)27-13(16(25)26)6-9-5-11(19)7-12(20)14(9)24/h1-7,24H,(H,25,26)(H,21,22,23)/b13-6-. The maximum absolute atomic E-state index is 11.6. The van der Waals surface area contributed by atoms with Crippen molar-refractivity contribution in [2.45, 2.75) is 5.16 Å². The summed E-state index contributed by atoms with van der Waals surface area (Å²) in [7, 11) is 0. The molecule has 0 radical (unpaired) electrons. The van der Waals surface area contributed by atoms with Crippen LogP contribution in [0.2, 0.25) is 5.02 Å². The highest BCUT2D eigenvalue weighted by molar-refractivity contribution is 14.1. The van der Waals surface area contributed by atoms with Crippen molar-refractivity contribution in [2.24, 2.45) is 0 Å². The molecule has 0 aliphatic heterocycles. The molecular formula is C17H10ClI2N3O3S. The molecule has 0 amide bonds. The van der Waals surface area contributed by atoms with Crippen molar-refractivity contribution < 1.29 is 15.0 Å². The van der Waals surface area contributed by atoms with Crippen LogP contribution >= 0.6 is 68.5 Å². The van der Waals surface area contributed by atoms with Crippen molar-refractivity contribution in [2.75, 3.05) is 0 Å². The number of thioether (sulfide) groups is 1. The van der Waals surface area contributed by atoms with Gasteiger partial charge in [-0.2, -0.15) is 0 Å². The molecule has 3 aromatic rings. The second-order valence-electron chi connectivity index (χ2n) is 5.21. The van der Waals surface area contributed by atoms with Gasteiger partial charge in [-0.05, 0) is 99.4 Å². The molecule has 0 unspecified atom stereocenters. The van der Waals surface area contributed by atoms with E-state index in [1.54, 1.807) is 36.4 Å². The second kappa shape index (κ2) is 8.80. The summed E-state index contributed by atoms with van der Waals surface area (Å²) in [6.07, 6.45) is 1.41. The van der Waals surface area contributed by atoms with E-state index in [9.17, 15) is 15.0 Å². The molecule has 0 saturated heterocycles. The molecule has 0 aliphatic carbocycles. The Labute approximate surface area is 190 Å². The van der Waals surface area contributed by atoms with Crippen LogP contribution < -0.4 is 0 Å². The minimum Gasteiger partial charge on any atom is -0.506 e. The normalized spacial score (nSPS) is 11.6. The number of carbonyl (C=O) groups is 1. The minimum atomic E-state index is -1.13. The van der Waals surface area contributed by atoms with Crippen molar-refractivity contribution in [3.63, 3.8) is 0 Å². The third-order valence-electron chi connectivity index (χ3n) is 3.34. The Balaban J connectivity index is 1.90. The maximum atomic E-state index is 11.6. The third-order valence-corrected chi connectivity index (χ3v) is 5.91. The topological polar surface area (TPSA) is 99.1 Å². The van der Waals surface area contributed by atoms with E-state index in [0.29, 0.717) is 20.0 Å². The van der Waals surface area contributed by atoms with Gasteiger partial charge in [0.15, 0.2) is 5.82 Å². The Bertz CT molecular complexity index is 1040. The van der Waals surface area contributed by atoms with E-state index in [1.807, 2.05) is 22.6 Å². The summed E-state index contributed by atoms with van der Waals surface area (Å²) in [5.74, 6) is -0.594. The number of nitrogens with one attached hydrogen (secondary N) is 1. The van der Waals surface area contributed by atoms with E-state index in [1.165, 1.54) is 6.08 Å². The first kappa shape index (κ1) is 20.4. The molecule has 0 spiro atoms. The molecule has 6 nitrogen and oxygen atoms in total. The lowest BCUT2D eigenvalue weighted by Gasteiger charge is -2.05. The summed E-state index contributed by atoms with van der Waals surface area (Å²) in [5.41, 5.74) is 1.20. The Kier molecular flexibility index (Phi) is 6.65. The summed E-state index contributed by atoms with van der Waals surface area (Å²) in [6, 6.07) is 10.5. The lowest BCUT2D eigenvalue weighted by atomic mass is 10.2. The van der Waals surface area contributed by atoms with Gasteiger partial charge in [0, 0.05) is 19.7 Å². The molecule has 0 fully saturated rings. The first-order valence-corrected chi connectivity index (χ1v) is 10.7. The molecule has 2 aromatic carbocycles. The van der Waals surface area contributed by atoms with Crippen LogP contribution in [0, 0.1) is 7.14 Å². The monoisotopic (exact) mass is 625 g/mol. The zero-order valence-corrected chi connectivity index (χ0v) is 19.2. The SMILES string of the molecule is O=C(O)/C(=C/c1cc(I)cc(I)c1O)Sc1n[nH]c(-c2ccc(Cl)cc2)n1. The maximum Gasteiger partial charge on any atom is 0.342 e. The number of phenols is 1. The lowest BCUT2D eigenvalue weighted by molar-refractivity contribution is -0.131. The zero-order chi connectivity index (χ0) is 19.6. The molecule has 0 aliphatic rings. The number of aliphatic carboxylic acids is 1. The van der Waals surface area contributed by atoms with Gasteiger partial charge < -0.3 is 10.2 Å². The number of rotatable bonds is 5. The number of H-pyrrole nitrogens is 1. The Morgan fingerprint density at radius 1 is 1.22 bits per heavy atom. The number of aromatic amines is 1. The molecule has 1 heterocycles. The minimum absolute atomic E-state index is 0.00949. The van der Waals surface area contributed by atoms with Gasteiger partial charge in [-0.25, -0.2) is 9.78 Å². The number of aromatic nitrogens is 3. The third kappa shape index (κ3) is 5.15. The summed E-state index contributed by atoms with van der Waals surface area (Å²) in [4.78, 5) is 16.0. The van der Waals surface area contributed by atoms with Gasteiger partial charge in [0.05, 0.1) is 3.57 Å². The zero-order valence-electron chi connectivity index (χ0n) is 13.3. The van der Waals surface area contributed by atoms with Crippen molar-refractivity contribution >= 4 is 80.6 Å². The molecule has 3 rings (SSSR count). The van der Waals surface area contributed by atoms with Crippen LogP contribution in [-0.2, 0) is 4.79 Å². The number of carboxylic acids is 1. The predicted molar refractivity (Wildman–Crippen MR) is 122 cm³/mol. The number of aromatic hydroxyl groups is 1. The van der Waals surface area contributed by atoms with Gasteiger partial charge in [0.25, 0.3) is 0 Å². The van der Waals surface area contributed by atoms with Gasteiger partial charge >= 0.3 is 5.97 Å². The first-order chi connectivity index (χ1) is 12.8. The van der Waals surface area contributed by atoms with E-state index >= 15 is 0 Å². The first-order valence-electron chi connectivity index (χ1n) is 7.32. The van der Waals surface area contributed by atoms with E-state index in [-0.39, 0.29) is 15.8 Å². The van der Waals surface area contributed by atoms with Crippen molar-refractivity contribution in [1.29, 1.82) is 0 Å². The number of halogens is 3. The van der Waals surface area contributed by atoms with Crippen molar-refractivity contribution in [1.82, 2.24) is 15.2 Å². The Hall–Kier alpha value is -1.31. The fraction of sp³-hybridized carbons (Fsp3) is 0. The van der Waals surface area contributed by atoms with Crippen molar-refractivity contribution in [3.05, 3.63) is 59.0 Å². The molecule has 0 atom stereocenters. The highest BCUT2D eigenvalue weighted by atomic mass is 127. The van der Waals surface area contributed by atoms with Gasteiger partial charge in [-0.3, -0.25) is 5.10 Å². The van der Waals surface area contributed by atoms with E-state index in [0.717, 1.165) is 20.9 Å². The number of benzene rings is 2. The number of phenolic OH excluding ortho intramolecular Hbond substituents is 1. The van der Waals surface area contributed by atoms with Crippen LogP contribution in [0.3, 0.4) is 0 Å². The fourth-order valence-electron chi connectivity index (χ4n) is 2.10. The molecule has 3 N–H and O–H groups in total. The second-order valence-corrected chi connectivity index (χ2v) is 9.07. The van der Waals surface area contributed by atoms with Crippen LogP contribution in [0.4, 0.5) is 0 Å². The van der Waals surface area contributed by atoms with Gasteiger partial charge in [0.2, 0.25) is 5.16 Å². The quantitative estimate of drug-likeness (QED) is 0.203. The Morgan fingerprint density at radius 2 is 1.93 bits per heavy atom. The average molecular weight is 626 g/mol. The lowest BCUT2D eigenvalue weighted by Crippen LogP contribution is -1.98. The molecule has 0 bridgehead atoms. The number of nitrogens with zero attached hydrogens (tertiary/aromatic N) is 2. The highest BCUT2D eigenvalue weighted by Gasteiger charge is 2.16. The molecule has 0 saturated carbocycles. The number of hydrogen-bond acceptors (Lipinski definition) is 5. The van der Waals surface area contributed by atoms with Crippen LogP contribution in [0.1, 0.15) is 5.56 Å². The fourth-order valence-corrected chi connectivity index (χ4v) is 4.81. The van der Waals surface area contributed by atoms with E-state index < -0.39 is 5.97 Å². The molecule has 1 aromatic heterocycles. The molecule has 138 valence electrons. The van der Waals surface area contributed by atoms with Crippen LogP contribution in [0.15, 0.2) is 46.5 Å². The van der Waals surface area contributed by atoms with Crippen LogP contribution in [0.5, 0.6) is 5.75 Å². The van der Waals surface area contributed by atoms with Gasteiger partial charge in [-0.1, -0.05) is 11.6 Å². The predicted octanol–water partition coefficient (Wildman–Crippen LogP) is 5.26. The molecule has 27 heavy (non-hydrogen) atoms. The highest BCUT2D eigenvalue weighted by Crippen LogP contribution is 2.33. The van der Waals surface area contributed by atoms with E-state index in [4.69, 9.17) is 11.6 Å². The van der Waals surface area contributed by atoms with Gasteiger partial charge in [-0.15, -0.1) is 5.10 Å². The van der Waals surface area contributed by atoms with E-state index in [2.05, 4.69) is 37.8 Å². The Morgan fingerprint density at radius 3 is 2.59 bits per heavy atom. The van der Waals surface area contributed by atoms with Crippen LogP contribution in [-0.4, -0.2) is 31.4 Å². The number of carboxylic acid groups (broad SMARTS) is 1. The van der Waals surface area contributed by atoms with Gasteiger partial charge in [0.1, 0.15) is 10.7 Å². The summed E-state index contributed by atoms with van der Waals surface area (Å²) >= 11 is 10.9. The average Bonchev–Trinajstić information content (AvgIpc) is 3.07. The number of hydrogen-bond donors (Lipinski definition) is 3. The smallest absolute Gasteiger partial charge is 0.342 e. The van der Waals surface area contributed by atoms with Crippen LogP contribution in [0.25, 0.3) is 17.5 Å². The largest absolute Gasteiger partial charge is 0.506 e. The summed E-state index contributed by atoms with van der Waals surface area (Å²) in [5, 5.41) is 27.4. The van der Waals surface area contributed by atoms with Crippen molar-refractivity contribution in [3.8, 4) is 17.1 Å². The molecular weight excluding hydrogens is 616 g/mol. The summed E-state index contributed by atoms with van der Waals surface area (Å²) in [6.45, 7) is 0. The molecule has 10 heteroatoms.